The van der Waals surface area contributed by atoms with Crippen LogP contribution in [-0.2, 0) is 0 Å². The summed E-state index contributed by atoms with van der Waals surface area (Å²) < 4.78 is 0. The van der Waals surface area contributed by atoms with Crippen molar-refractivity contribution in [2.75, 3.05) is 23.7 Å². The number of hydrogen-bond acceptors (Lipinski definition) is 6. The van der Waals surface area contributed by atoms with Crippen molar-refractivity contribution in [1.29, 1.82) is 0 Å². The molecule has 1 atom stereocenters. The van der Waals surface area contributed by atoms with Gasteiger partial charge in [0, 0.05) is 13.1 Å². The van der Waals surface area contributed by atoms with E-state index in [1.807, 2.05) is 6.92 Å². The van der Waals surface area contributed by atoms with Gasteiger partial charge in [-0.05, 0) is 24.7 Å². The van der Waals surface area contributed by atoms with Crippen LogP contribution >= 0.6 is 0 Å². The van der Waals surface area contributed by atoms with Gasteiger partial charge in [0.1, 0.15) is 6.20 Å². The maximum absolute atomic E-state index is 10.9. The van der Waals surface area contributed by atoms with Crippen LogP contribution in [0.4, 0.5) is 17.5 Å². The van der Waals surface area contributed by atoms with Gasteiger partial charge < -0.3 is 10.6 Å². The van der Waals surface area contributed by atoms with E-state index >= 15 is 0 Å². The molecule has 19 heavy (non-hydrogen) atoms. The van der Waals surface area contributed by atoms with E-state index in [0.717, 1.165) is 6.42 Å². The van der Waals surface area contributed by atoms with Gasteiger partial charge in [-0.25, -0.2) is 4.98 Å². The summed E-state index contributed by atoms with van der Waals surface area (Å²) in [5, 5.41) is 17.0. The topological polar surface area (TPSA) is 93.0 Å². The van der Waals surface area contributed by atoms with Crippen molar-refractivity contribution < 1.29 is 4.92 Å². The van der Waals surface area contributed by atoms with Crippen LogP contribution in [0.2, 0.25) is 0 Å². The van der Waals surface area contributed by atoms with E-state index in [9.17, 15) is 10.1 Å². The van der Waals surface area contributed by atoms with Crippen molar-refractivity contribution in [2.24, 2.45) is 11.3 Å². The molecular formula is C12H19N5O2. The number of aromatic nitrogens is 2. The highest BCUT2D eigenvalue weighted by molar-refractivity contribution is 5.57. The molecular weight excluding hydrogens is 246 g/mol. The van der Waals surface area contributed by atoms with E-state index in [1.165, 1.54) is 6.20 Å². The van der Waals surface area contributed by atoms with Crippen LogP contribution < -0.4 is 10.6 Å². The van der Waals surface area contributed by atoms with Crippen molar-refractivity contribution in [3.63, 3.8) is 0 Å². The molecule has 0 spiro atoms. The van der Waals surface area contributed by atoms with Crippen molar-refractivity contribution >= 4 is 17.5 Å². The van der Waals surface area contributed by atoms with E-state index in [1.54, 1.807) is 0 Å². The number of anilines is 2. The highest BCUT2D eigenvalue weighted by Crippen LogP contribution is 2.51. The van der Waals surface area contributed by atoms with Crippen molar-refractivity contribution in [2.45, 2.75) is 27.2 Å². The minimum atomic E-state index is -0.462. The van der Waals surface area contributed by atoms with E-state index in [-0.39, 0.29) is 5.69 Å². The second kappa shape index (κ2) is 4.99. The molecule has 104 valence electrons. The standard InChI is InChI=1S/C12H19N5O2/c1-4-13-11-15-7-9(17(18)19)10(16-11)14-6-8-5-12(8,2)3/h7-8H,4-6H2,1-3H3,(H2,13,14,15,16). The largest absolute Gasteiger partial charge is 0.364 e. The first-order valence-electron chi connectivity index (χ1n) is 6.43. The van der Waals surface area contributed by atoms with Crippen LogP contribution in [0.5, 0.6) is 0 Å². The Morgan fingerprint density at radius 2 is 2.21 bits per heavy atom. The van der Waals surface area contributed by atoms with Crippen LogP contribution in [0, 0.1) is 21.4 Å². The predicted molar refractivity (Wildman–Crippen MR) is 73.2 cm³/mol. The predicted octanol–water partition coefficient (Wildman–Crippen LogP) is 2.27. The summed E-state index contributed by atoms with van der Waals surface area (Å²) in [4.78, 5) is 18.6. The van der Waals surface area contributed by atoms with E-state index in [0.29, 0.717) is 36.2 Å². The maximum atomic E-state index is 10.9. The average Bonchev–Trinajstić information content (AvgIpc) is 2.95. The molecule has 2 N–H and O–H groups in total. The molecule has 0 amide bonds. The average molecular weight is 265 g/mol. The van der Waals surface area contributed by atoms with Crippen LogP contribution in [0.15, 0.2) is 6.20 Å². The summed E-state index contributed by atoms with van der Waals surface area (Å²) in [5.74, 6) is 1.24. The fourth-order valence-electron chi connectivity index (χ4n) is 2.03. The van der Waals surface area contributed by atoms with Crippen LogP contribution in [-0.4, -0.2) is 28.0 Å². The molecule has 2 rings (SSSR count). The quantitative estimate of drug-likeness (QED) is 0.605. The minimum Gasteiger partial charge on any atom is -0.364 e. The summed E-state index contributed by atoms with van der Waals surface area (Å²) in [5.41, 5.74) is 0.249. The molecule has 1 saturated carbocycles. The second-order valence-electron chi connectivity index (χ2n) is 5.49. The Morgan fingerprint density at radius 1 is 1.53 bits per heavy atom. The first-order valence-corrected chi connectivity index (χ1v) is 6.43. The normalized spacial score (nSPS) is 19.8. The third-order valence-corrected chi connectivity index (χ3v) is 3.53. The lowest BCUT2D eigenvalue weighted by Gasteiger charge is -2.09. The fourth-order valence-corrected chi connectivity index (χ4v) is 2.03. The lowest BCUT2D eigenvalue weighted by Crippen LogP contribution is -2.12. The van der Waals surface area contributed by atoms with Crippen LogP contribution in [0.1, 0.15) is 27.2 Å². The molecule has 0 aliphatic heterocycles. The van der Waals surface area contributed by atoms with Gasteiger partial charge in [-0.1, -0.05) is 13.8 Å². The molecule has 1 aliphatic carbocycles. The Morgan fingerprint density at radius 3 is 2.74 bits per heavy atom. The zero-order valence-corrected chi connectivity index (χ0v) is 11.4. The van der Waals surface area contributed by atoms with Gasteiger partial charge in [-0.3, -0.25) is 10.1 Å². The Balaban J connectivity index is 2.11. The van der Waals surface area contributed by atoms with Gasteiger partial charge in [-0.15, -0.1) is 0 Å². The minimum absolute atomic E-state index is 0.0832. The van der Waals surface area contributed by atoms with E-state index in [2.05, 4.69) is 34.4 Å². The highest BCUT2D eigenvalue weighted by atomic mass is 16.6. The monoisotopic (exact) mass is 265 g/mol. The molecule has 0 bridgehead atoms. The van der Waals surface area contributed by atoms with Gasteiger partial charge in [-0.2, -0.15) is 4.98 Å². The molecule has 0 radical (unpaired) electrons. The Labute approximate surface area is 112 Å². The van der Waals surface area contributed by atoms with Crippen LogP contribution in [0.25, 0.3) is 0 Å². The molecule has 1 aliphatic rings. The third kappa shape index (κ3) is 3.10. The first kappa shape index (κ1) is 13.5. The zero-order valence-electron chi connectivity index (χ0n) is 11.4. The lowest BCUT2D eigenvalue weighted by molar-refractivity contribution is -0.384. The van der Waals surface area contributed by atoms with Crippen LogP contribution in [0.3, 0.4) is 0 Å². The Kier molecular flexibility index (Phi) is 3.55. The van der Waals surface area contributed by atoms with Gasteiger partial charge in [0.15, 0.2) is 0 Å². The van der Waals surface area contributed by atoms with Crippen molar-refractivity contribution in [1.82, 2.24) is 9.97 Å². The van der Waals surface area contributed by atoms with Gasteiger partial charge in [0.25, 0.3) is 0 Å². The highest BCUT2D eigenvalue weighted by Gasteiger charge is 2.45. The number of nitrogens with one attached hydrogen (secondary N) is 2. The molecule has 7 heteroatoms. The molecule has 1 aromatic rings. The lowest BCUT2D eigenvalue weighted by atomic mass is 10.1. The van der Waals surface area contributed by atoms with Gasteiger partial charge in [0.05, 0.1) is 4.92 Å². The molecule has 1 unspecified atom stereocenters. The van der Waals surface area contributed by atoms with Crippen molar-refractivity contribution in [3.05, 3.63) is 16.3 Å². The molecule has 0 saturated heterocycles. The van der Waals surface area contributed by atoms with E-state index < -0.39 is 4.92 Å². The number of nitro groups is 1. The van der Waals surface area contributed by atoms with Gasteiger partial charge >= 0.3 is 5.69 Å². The fraction of sp³-hybridized carbons (Fsp3) is 0.667. The maximum Gasteiger partial charge on any atom is 0.329 e. The Hall–Kier alpha value is -1.92. The summed E-state index contributed by atoms with van der Waals surface area (Å²) in [6, 6.07) is 0. The number of hydrogen-bond donors (Lipinski definition) is 2. The van der Waals surface area contributed by atoms with E-state index in [4.69, 9.17) is 0 Å². The summed E-state index contributed by atoms with van der Waals surface area (Å²) in [6.07, 6.45) is 2.38. The van der Waals surface area contributed by atoms with Gasteiger partial charge in [0.2, 0.25) is 11.8 Å². The Bertz CT molecular complexity index is 489. The third-order valence-electron chi connectivity index (χ3n) is 3.53. The SMILES string of the molecule is CCNc1ncc([N+](=O)[O-])c(NCC2CC2(C)C)n1. The number of rotatable bonds is 6. The zero-order chi connectivity index (χ0) is 14.0. The summed E-state index contributed by atoms with van der Waals surface area (Å²) in [7, 11) is 0. The molecule has 1 heterocycles. The first-order chi connectivity index (χ1) is 8.94. The van der Waals surface area contributed by atoms with Crippen molar-refractivity contribution in [3.8, 4) is 0 Å². The number of nitrogens with zero attached hydrogens (tertiary/aromatic N) is 3. The summed E-state index contributed by atoms with van der Waals surface area (Å²) >= 11 is 0. The molecule has 1 aromatic heterocycles. The molecule has 7 nitrogen and oxygen atoms in total. The summed E-state index contributed by atoms with van der Waals surface area (Å²) in [6.45, 7) is 7.68. The second-order valence-corrected chi connectivity index (χ2v) is 5.49. The smallest absolute Gasteiger partial charge is 0.329 e. The molecule has 1 fully saturated rings. The molecule has 0 aromatic carbocycles.